The Morgan fingerprint density at radius 2 is 1.81 bits per heavy atom. The highest BCUT2D eigenvalue weighted by Gasteiger charge is 2.29. The van der Waals surface area contributed by atoms with Crippen LogP contribution in [-0.4, -0.2) is 31.1 Å². The van der Waals surface area contributed by atoms with Crippen molar-refractivity contribution in [1.29, 1.82) is 0 Å². The van der Waals surface area contributed by atoms with E-state index in [0.717, 1.165) is 48.1 Å². The van der Waals surface area contributed by atoms with Crippen molar-refractivity contribution in [3.8, 4) is 5.88 Å². The number of halogens is 1. The van der Waals surface area contributed by atoms with Crippen LogP contribution in [0.1, 0.15) is 72.5 Å². The van der Waals surface area contributed by atoms with Crippen LogP contribution in [0, 0.1) is 19.7 Å². The normalized spacial score (nSPS) is 17.9. The molecule has 0 aliphatic heterocycles. The Bertz CT molecular complexity index is 1440. The maximum atomic E-state index is 14.6. The first-order valence-electron chi connectivity index (χ1n) is 12.5. The SMILES string of the molecule is CCOc1nccnc1Cn1c(=O)c([C@H]2CC[C@H](c3c(C)cccc3F)CC2)cc2ncc(C)nc21. The molecule has 3 heterocycles. The number of hydrogen-bond donors (Lipinski definition) is 0. The third-order valence-electron chi connectivity index (χ3n) is 7.11. The van der Waals surface area contributed by atoms with Gasteiger partial charge in [-0.1, -0.05) is 12.1 Å². The van der Waals surface area contributed by atoms with Crippen molar-refractivity contribution >= 4 is 11.2 Å². The van der Waals surface area contributed by atoms with E-state index < -0.39 is 0 Å². The summed E-state index contributed by atoms with van der Waals surface area (Å²) in [5.41, 5.74) is 4.93. The highest BCUT2D eigenvalue weighted by Crippen LogP contribution is 2.41. The standard InChI is InChI=1S/C28H30FN5O2/c1-4-36-27-24(30-12-13-31-27)16-34-26-23(32-15-18(3)33-26)14-21(28(34)35)19-8-10-20(11-9-19)25-17(2)6-5-7-22(25)29/h5-7,12-15,19-20H,4,8-11,16H2,1-3H3/t19-,20-. The van der Waals surface area contributed by atoms with Crippen LogP contribution in [0.3, 0.4) is 0 Å². The van der Waals surface area contributed by atoms with E-state index in [1.807, 2.05) is 32.9 Å². The number of fused-ring (bicyclic) bond motifs is 1. The molecule has 1 aromatic carbocycles. The summed E-state index contributed by atoms with van der Waals surface area (Å²) in [5.74, 6) is 0.520. The van der Waals surface area contributed by atoms with Crippen LogP contribution >= 0.6 is 0 Å². The van der Waals surface area contributed by atoms with E-state index in [1.54, 1.807) is 35.3 Å². The molecule has 8 heteroatoms. The smallest absolute Gasteiger partial charge is 0.256 e. The van der Waals surface area contributed by atoms with Gasteiger partial charge in [-0.15, -0.1) is 0 Å². The van der Waals surface area contributed by atoms with Crippen molar-refractivity contribution in [2.75, 3.05) is 6.61 Å². The second-order valence-electron chi connectivity index (χ2n) is 9.47. The Kier molecular flexibility index (Phi) is 6.76. The van der Waals surface area contributed by atoms with E-state index in [9.17, 15) is 9.18 Å². The van der Waals surface area contributed by atoms with Gasteiger partial charge < -0.3 is 4.74 Å². The van der Waals surface area contributed by atoms with Gasteiger partial charge in [0.25, 0.3) is 5.56 Å². The number of benzene rings is 1. The largest absolute Gasteiger partial charge is 0.477 e. The van der Waals surface area contributed by atoms with Crippen molar-refractivity contribution in [1.82, 2.24) is 24.5 Å². The predicted octanol–water partition coefficient (Wildman–Crippen LogP) is 5.23. The van der Waals surface area contributed by atoms with Crippen LogP contribution in [0.5, 0.6) is 5.88 Å². The Morgan fingerprint density at radius 1 is 1.06 bits per heavy atom. The van der Waals surface area contributed by atoms with Crippen LogP contribution in [0.4, 0.5) is 4.39 Å². The van der Waals surface area contributed by atoms with Crippen molar-refractivity contribution < 1.29 is 9.13 Å². The fourth-order valence-electron chi connectivity index (χ4n) is 5.40. The molecular weight excluding hydrogens is 457 g/mol. The van der Waals surface area contributed by atoms with Gasteiger partial charge in [0, 0.05) is 24.2 Å². The number of pyridine rings is 1. The van der Waals surface area contributed by atoms with Crippen LogP contribution in [0.2, 0.25) is 0 Å². The Labute approximate surface area is 209 Å². The highest BCUT2D eigenvalue weighted by molar-refractivity contribution is 5.71. The minimum Gasteiger partial charge on any atom is -0.477 e. The molecule has 0 radical (unpaired) electrons. The summed E-state index contributed by atoms with van der Waals surface area (Å²) in [7, 11) is 0. The maximum absolute atomic E-state index is 14.6. The molecule has 5 rings (SSSR count). The molecule has 1 aliphatic carbocycles. The topological polar surface area (TPSA) is 82.8 Å². The predicted molar refractivity (Wildman–Crippen MR) is 136 cm³/mol. The molecule has 1 saturated carbocycles. The molecule has 0 amide bonds. The molecule has 0 atom stereocenters. The first-order valence-corrected chi connectivity index (χ1v) is 12.5. The van der Waals surface area contributed by atoms with E-state index in [-0.39, 0.29) is 29.8 Å². The van der Waals surface area contributed by atoms with Gasteiger partial charge in [0.2, 0.25) is 5.88 Å². The Balaban J connectivity index is 1.51. The number of ether oxygens (including phenoxy) is 1. The summed E-state index contributed by atoms with van der Waals surface area (Å²) < 4.78 is 21.9. The Hall–Kier alpha value is -3.68. The van der Waals surface area contributed by atoms with Crippen LogP contribution in [0.15, 0.2) is 47.7 Å². The lowest BCUT2D eigenvalue weighted by atomic mass is 9.75. The van der Waals surface area contributed by atoms with Crippen LogP contribution in [-0.2, 0) is 6.54 Å². The van der Waals surface area contributed by atoms with Crippen molar-refractivity contribution in [3.05, 3.63) is 87.1 Å². The molecule has 0 N–H and O–H groups in total. The fourth-order valence-corrected chi connectivity index (χ4v) is 5.40. The zero-order valence-corrected chi connectivity index (χ0v) is 20.9. The second kappa shape index (κ2) is 10.1. The molecule has 36 heavy (non-hydrogen) atoms. The number of hydrogen-bond acceptors (Lipinski definition) is 6. The summed E-state index contributed by atoms with van der Waals surface area (Å²) in [6, 6.07) is 7.16. The van der Waals surface area contributed by atoms with Gasteiger partial charge in [-0.05, 0) is 81.5 Å². The number of aryl methyl sites for hydroxylation is 2. The second-order valence-corrected chi connectivity index (χ2v) is 9.47. The minimum absolute atomic E-state index is 0.0767. The van der Waals surface area contributed by atoms with Crippen LogP contribution in [0.25, 0.3) is 11.2 Å². The van der Waals surface area contributed by atoms with E-state index in [1.165, 1.54) is 0 Å². The lowest BCUT2D eigenvalue weighted by Crippen LogP contribution is -2.29. The molecule has 186 valence electrons. The molecule has 0 unspecified atom stereocenters. The fraction of sp³-hybridized carbons (Fsp3) is 0.393. The van der Waals surface area contributed by atoms with Crippen molar-refractivity contribution in [2.24, 2.45) is 0 Å². The van der Waals surface area contributed by atoms with Crippen LogP contribution < -0.4 is 10.3 Å². The first kappa shape index (κ1) is 24.0. The van der Waals surface area contributed by atoms with Gasteiger partial charge in [0.05, 0.1) is 18.8 Å². The molecule has 4 aromatic rings. The monoisotopic (exact) mass is 487 g/mol. The quantitative estimate of drug-likeness (QED) is 0.371. The average Bonchev–Trinajstić information content (AvgIpc) is 2.87. The third kappa shape index (κ3) is 4.59. The molecule has 0 saturated heterocycles. The van der Waals surface area contributed by atoms with Gasteiger partial charge in [-0.3, -0.25) is 19.3 Å². The van der Waals surface area contributed by atoms with Gasteiger partial charge in [0.15, 0.2) is 5.65 Å². The minimum atomic E-state index is -0.133. The molecule has 7 nitrogen and oxygen atoms in total. The Morgan fingerprint density at radius 3 is 2.56 bits per heavy atom. The number of rotatable bonds is 6. The molecule has 0 spiro atoms. The van der Waals surface area contributed by atoms with Gasteiger partial charge in [-0.25, -0.2) is 14.4 Å². The van der Waals surface area contributed by atoms with Gasteiger partial charge >= 0.3 is 0 Å². The molecule has 0 bridgehead atoms. The van der Waals surface area contributed by atoms with Gasteiger partial charge in [0.1, 0.15) is 17.0 Å². The van der Waals surface area contributed by atoms with E-state index >= 15 is 0 Å². The van der Waals surface area contributed by atoms with E-state index in [0.29, 0.717) is 29.3 Å². The van der Waals surface area contributed by atoms with E-state index in [4.69, 9.17) is 4.74 Å². The average molecular weight is 488 g/mol. The maximum Gasteiger partial charge on any atom is 0.256 e. The number of aromatic nitrogens is 5. The third-order valence-corrected chi connectivity index (χ3v) is 7.11. The number of nitrogens with zero attached hydrogens (tertiary/aromatic N) is 5. The molecular formula is C28H30FN5O2. The molecule has 1 aliphatic rings. The molecule has 3 aromatic heterocycles. The highest BCUT2D eigenvalue weighted by atomic mass is 19.1. The lowest BCUT2D eigenvalue weighted by Gasteiger charge is -2.30. The van der Waals surface area contributed by atoms with Gasteiger partial charge in [-0.2, -0.15) is 0 Å². The zero-order valence-electron chi connectivity index (χ0n) is 20.9. The zero-order chi connectivity index (χ0) is 25.2. The molecule has 1 fully saturated rings. The first-order chi connectivity index (χ1) is 17.5. The summed E-state index contributed by atoms with van der Waals surface area (Å²) in [4.78, 5) is 31.8. The summed E-state index contributed by atoms with van der Waals surface area (Å²) in [6.45, 7) is 6.35. The van der Waals surface area contributed by atoms with E-state index in [2.05, 4.69) is 19.9 Å². The summed E-state index contributed by atoms with van der Waals surface area (Å²) in [6.07, 6.45) is 8.18. The van der Waals surface area contributed by atoms with Crippen molar-refractivity contribution in [3.63, 3.8) is 0 Å². The summed E-state index contributed by atoms with van der Waals surface area (Å²) in [5, 5.41) is 0. The lowest BCUT2D eigenvalue weighted by molar-refractivity contribution is 0.319. The summed E-state index contributed by atoms with van der Waals surface area (Å²) >= 11 is 0. The van der Waals surface area contributed by atoms with Crippen molar-refractivity contribution in [2.45, 2.75) is 64.8 Å².